The number of aliphatic imine (C=N–C) groups is 1. The highest BCUT2D eigenvalue weighted by molar-refractivity contribution is 7.85. The van der Waals surface area contributed by atoms with Crippen molar-refractivity contribution in [2.24, 2.45) is 12.0 Å². The van der Waals surface area contributed by atoms with Crippen molar-refractivity contribution < 1.29 is 32.2 Å². The van der Waals surface area contributed by atoms with E-state index in [-0.39, 0.29) is 19.0 Å². The molecule has 0 spiro atoms. The van der Waals surface area contributed by atoms with Gasteiger partial charge in [-0.1, -0.05) is 30.3 Å². The molecule has 1 aromatic carbocycles. The van der Waals surface area contributed by atoms with Gasteiger partial charge in [0.25, 0.3) is 0 Å². The zero-order valence-electron chi connectivity index (χ0n) is 17.6. The number of urea groups is 1. The number of carbonyl (C=O) groups is 2. The van der Waals surface area contributed by atoms with Crippen LogP contribution in [0, 0.1) is 0 Å². The summed E-state index contributed by atoms with van der Waals surface area (Å²) in [5.41, 5.74) is 4.32. The van der Waals surface area contributed by atoms with Crippen LogP contribution in [0.4, 0.5) is 9.59 Å². The summed E-state index contributed by atoms with van der Waals surface area (Å²) in [7, 11) is -1.63. The molecule has 0 aliphatic carbocycles. The molecule has 4 rings (SSSR count). The van der Waals surface area contributed by atoms with Crippen LogP contribution in [0.1, 0.15) is 28.9 Å². The molecule has 0 saturated carbocycles. The Balaban J connectivity index is 1.60. The van der Waals surface area contributed by atoms with Gasteiger partial charge in [-0.25, -0.2) is 15.1 Å². The molecule has 0 unspecified atom stereocenters. The van der Waals surface area contributed by atoms with Crippen LogP contribution in [0.3, 0.4) is 0 Å². The molecular formula is C18H21N7O7S. The minimum Gasteiger partial charge on any atom is -0.464 e. The lowest BCUT2D eigenvalue weighted by molar-refractivity contribution is -0.141. The van der Waals surface area contributed by atoms with Gasteiger partial charge >= 0.3 is 22.4 Å². The number of carbonyl (C=O) groups excluding carboxylic acids is 1. The van der Waals surface area contributed by atoms with Crippen LogP contribution < -0.4 is 10.2 Å². The van der Waals surface area contributed by atoms with Crippen LogP contribution in [0.25, 0.3) is 0 Å². The molecular weight excluding hydrogens is 458 g/mol. The smallest absolute Gasteiger partial charge is 0.420 e. The van der Waals surface area contributed by atoms with Gasteiger partial charge in [-0.2, -0.15) is 23.3 Å². The molecule has 33 heavy (non-hydrogen) atoms. The fraction of sp³-hybridized carbons (Fsp3) is 0.333. The summed E-state index contributed by atoms with van der Waals surface area (Å²) in [6, 6.07) is 7.59. The molecule has 2 atom stereocenters. The highest BCUT2D eigenvalue weighted by atomic mass is 32.2. The maximum absolute atomic E-state index is 13.2. The molecule has 1 aromatic heterocycles. The molecule has 14 nitrogen and oxygen atoms in total. The molecule has 3 amide bonds. The van der Waals surface area contributed by atoms with Crippen LogP contribution in [0.5, 0.6) is 0 Å². The fourth-order valence-corrected chi connectivity index (χ4v) is 4.28. The third kappa shape index (κ3) is 4.33. The van der Waals surface area contributed by atoms with E-state index in [1.807, 2.05) is 30.3 Å². The largest absolute Gasteiger partial charge is 0.464 e. The summed E-state index contributed by atoms with van der Waals surface area (Å²) >= 11 is 0. The van der Waals surface area contributed by atoms with Gasteiger partial charge in [0.1, 0.15) is 18.7 Å². The summed E-state index contributed by atoms with van der Waals surface area (Å²) in [6.45, 7) is 0.407. The number of carboxylic acid groups (broad SMARTS) is 1. The Kier molecular flexibility index (Phi) is 5.92. The van der Waals surface area contributed by atoms with Crippen molar-refractivity contribution in [3.8, 4) is 0 Å². The molecule has 176 valence electrons. The standard InChI is InChI=1S/C18H21N7O7S/c1-19-16(21-32-33(29,30)22-17(26)27)15-14-12(8-20-23(14)2)13-9-24(15)18(28)25(13)31-10-11-6-4-3-5-7-11/h3-8,13,15,22H,9-10H2,1-2H3,(H,19,21)(H,26,27)/t13-,15-/m0/s1. The monoisotopic (exact) mass is 479 g/mol. The first-order valence-corrected chi connectivity index (χ1v) is 11.1. The van der Waals surface area contributed by atoms with Crippen molar-refractivity contribution in [1.82, 2.24) is 29.9 Å². The summed E-state index contributed by atoms with van der Waals surface area (Å²) in [5, 5.41) is 14.2. The van der Waals surface area contributed by atoms with Crippen molar-refractivity contribution >= 4 is 28.3 Å². The van der Waals surface area contributed by atoms with Crippen molar-refractivity contribution in [1.29, 1.82) is 0 Å². The Bertz CT molecular complexity index is 1200. The van der Waals surface area contributed by atoms with Gasteiger partial charge in [0.05, 0.1) is 18.4 Å². The first kappa shape index (κ1) is 22.5. The Morgan fingerprint density at radius 3 is 2.73 bits per heavy atom. The van der Waals surface area contributed by atoms with Crippen molar-refractivity contribution in [2.45, 2.75) is 18.7 Å². The van der Waals surface area contributed by atoms with E-state index in [1.165, 1.54) is 21.7 Å². The second-order valence-electron chi connectivity index (χ2n) is 7.20. The molecule has 3 heterocycles. The highest BCUT2D eigenvalue weighted by Gasteiger charge is 2.52. The lowest BCUT2D eigenvalue weighted by Gasteiger charge is -2.31. The number of rotatable bonds is 7. The first-order chi connectivity index (χ1) is 15.7. The zero-order valence-corrected chi connectivity index (χ0v) is 18.4. The van der Waals surface area contributed by atoms with E-state index < -0.39 is 34.5 Å². The van der Waals surface area contributed by atoms with E-state index in [0.29, 0.717) is 11.3 Å². The number of benzene rings is 1. The Morgan fingerprint density at radius 2 is 2.06 bits per heavy atom. The van der Waals surface area contributed by atoms with E-state index in [1.54, 1.807) is 17.9 Å². The molecule has 0 radical (unpaired) electrons. The number of aryl methyl sites for hydroxylation is 1. The number of nitrogens with zero attached hydrogens (tertiary/aromatic N) is 5. The highest BCUT2D eigenvalue weighted by Crippen LogP contribution is 2.44. The quantitative estimate of drug-likeness (QED) is 0.290. The maximum Gasteiger partial charge on any atom is 0.420 e. The number of amides is 3. The summed E-state index contributed by atoms with van der Waals surface area (Å²) < 4.78 is 30.8. The maximum atomic E-state index is 13.2. The minimum atomic E-state index is -4.68. The van der Waals surface area contributed by atoms with Crippen LogP contribution in [-0.4, -0.2) is 64.8 Å². The number of fused-ring (bicyclic) bond motifs is 4. The van der Waals surface area contributed by atoms with Gasteiger partial charge in [0, 0.05) is 19.7 Å². The van der Waals surface area contributed by atoms with Crippen LogP contribution in [0.15, 0.2) is 41.5 Å². The van der Waals surface area contributed by atoms with Crippen molar-refractivity contribution in [2.75, 3.05) is 13.6 Å². The SMILES string of the molecule is CN=C(NOS(=O)(=O)NC(=O)O)[C@@H]1c2c(cnn2C)[C@@H]2CN1C(=O)N2OCc1ccccc1. The second-order valence-corrected chi connectivity index (χ2v) is 8.48. The van der Waals surface area contributed by atoms with Gasteiger partial charge in [-0.05, 0) is 5.56 Å². The van der Waals surface area contributed by atoms with E-state index >= 15 is 0 Å². The van der Waals surface area contributed by atoms with Crippen LogP contribution in [-0.2, 0) is 33.1 Å². The third-order valence-electron chi connectivity index (χ3n) is 5.21. The minimum absolute atomic E-state index is 0.0488. The molecule has 3 N–H and O–H groups in total. The average molecular weight is 479 g/mol. The van der Waals surface area contributed by atoms with Gasteiger partial charge in [0.15, 0.2) is 5.84 Å². The predicted molar refractivity (Wildman–Crippen MR) is 112 cm³/mol. The molecule has 2 aliphatic rings. The normalized spacial score (nSPS) is 20.1. The number of hydrogen-bond acceptors (Lipinski definition) is 8. The first-order valence-electron chi connectivity index (χ1n) is 9.67. The fourth-order valence-electron chi connectivity index (χ4n) is 3.83. The van der Waals surface area contributed by atoms with E-state index in [4.69, 9.17) is 9.94 Å². The predicted octanol–water partition coefficient (Wildman–Crippen LogP) is 0.447. The molecule has 1 saturated heterocycles. The number of hydrogen-bond donors (Lipinski definition) is 3. The number of aromatic nitrogens is 2. The summed E-state index contributed by atoms with van der Waals surface area (Å²) in [5.74, 6) is -0.0488. The lowest BCUT2D eigenvalue weighted by atomic mass is 9.97. The van der Waals surface area contributed by atoms with E-state index in [2.05, 4.69) is 19.9 Å². The third-order valence-corrected chi connectivity index (χ3v) is 5.94. The number of amidine groups is 1. The van der Waals surface area contributed by atoms with Gasteiger partial charge in [0.2, 0.25) is 0 Å². The Labute approximate surface area is 188 Å². The zero-order chi connectivity index (χ0) is 23.8. The molecule has 2 aromatic rings. The average Bonchev–Trinajstić information content (AvgIpc) is 3.28. The van der Waals surface area contributed by atoms with Crippen LogP contribution in [0.2, 0.25) is 0 Å². The second kappa shape index (κ2) is 8.68. The molecule has 2 bridgehead atoms. The lowest BCUT2D eigenvalue weighted by Crippen LogP contribution is -2.46. The Morgan fingerprint density at radius 1 is 1.33 bits per heavy atom. The van der Waals surface area contributed by atoms with Gasteiger partial charge < -0.3 is 10.0 Å². The number of hydroxylamine groups is 3. The molecule has 1 fully saturated rings. The summed E-state index contributed by atoms with van der Waals surface area (Å²) in [6.07, 6.45) is -0.208. The van der Waals surface area contributed by atoms with Crippen LogP contribution >= 0.6 is 0 Å². The van der Waals surface area contributed by atoms with Crippen molar-refractivity contribution in [3.63, 3.8) is 0 Å². The van der Waals surface area contributed by atoms with Gasteiger partial charge in [-0.3, -0.25) is 14.5 Å². The van der Waals surface area contributed by atoms with Crippen molar-refractivity contribution in [3.05, 3.63) is 53.3 Å². The van der Waals surface area contributed by atoms with E-state index in [9.17, 15) is 18.0 Å². The van der Waals surface area contributed by atoms with E-state index in [0.717, 1.165) is 5.56 Å². The summed E-state index contributed by atoms with van der Waals surface area (Å²) in [4.78, 5) is 35.2. The Hall–Kier alpha value is -3.69. The molecule has 2 aliphatic heterocycles. The van der Waals surface area contributed by atoms with Gasteiger partial charge in [-0.15, -0.1) is 4.28 Å². The number of nitrogens with one attached hydrogen (secondary N) is 2. The topological polar surface area (TPSA) is 168 Å². The molecule has 15 heteroatoms.